The fraction of sp³-hybridized carbons (Fsp3) is 0.267. The van der Waals surface area contributed by atoms with E-state index in [0.29, 0.717) is 0 Å². The topological polar surface area (TPSA) is 38.1 Å². The first kappa shape index (κ1) is 12.4. The lowest BCUT2D eigenvalue weighted by Gasteiger charge is -2.12. The summed E-state index contributed by atoms with van der Waals surface area (Å²) >= 11 is 1.65. The van der Waals surface area contributed by atoms with E-state index in [0.717, 1.165) is 23.3 Å². The van der Waals surface area contributed by atoms with Crippen LogP contribution in [0.25, 0.3) is 11.0 Å². The zero-order valence-electron chi connectivity index (χ0n) is 11.0. The van der Waals surface area contributed by atoms with Crippen molar-refractivity contribution in [3.05, 3.63) is 52.2 Å². The van der Waals surface area contributed by atoms with Crippen molar-refractivity contribution in [1.29, 1.82) is 0 Å². The van der Waals surface area contributed by atoms with E-state index in [4.69, 9.17) is 4.42 Å². The van der Waals surface area contributed by atoms with E-state index >= 15 is 0 Å². The summed E-state index contributed by atoms with van der Waals surface area (Å²) < 4.78 is 5.98. The zero-order valence-corrected chi connectivity index (χ0v) is 11.8. The van der Waals surface area contributed by atoms with E-state index in [1.54, 1.807) is 11.3 Å². The van der Waals surface area contributed by atoms with Gasteiger partial charge >= 0.3 is 0 Å². The molecule has 0 spiro atoms. The zero-order chi connectivity index (χ0) is 13.2. The highest BCUT2D eigenvalue weighted by Crippen LogP contribution is 2.30. The fourth-order valence-electron chi connectivity index (χ4n) is 2.24. The summed E-state index contributed by atoms with van der Waals surface area (Å²) in [4.78, 5) is 5.33. The largest absolute Gasteiger partial charge is 0.459 e. The number of nitrogens with zero attached hydrogens (tertiary/aromatic N) is 1. The number of furan rings is 1. The van der Waals surface area contributed by atoms with Gasteiger partial charge in [0.25, 0.3) is 0 Å². The summed E-state index contributed by atoms with van der Waals surface area (Å²) in [6.07, 6.45) is 1.90. The summed E-state index contributed by atoms with van der Waals surface area (Å²) in [5.74, 6) is 0.951. The van der Waals surface area contributed by atoms with E-state index in [1.807, 2.05) is 17.8 Å². The van der Waals surface area contributed by atoms with Crippen molar-refractivity contribution in [2.75, 3.05) is 6.54 Å². The maximum atomic E-state index is 5.98. The second-order valence-corrected chi connectivity index (χ2v) is 5.50. The van der Waals surface area contributed by atoms with Crippen LogP contribution in [-0.4, -0.2) is 11.5 Å². The van der Waals surface area contributed by atoms with Crippen molar-refractivity contribution < 1.29 is 4.42 Å². The van der Waals surface area contributed by atoms with E-state index < -0.39 is 0 Å². The molecule has 0 saturated carbocycles. The van der Waals surface area contributed by atoms with Gasteiger partial charge in [-0.05, 0) is 31.7 Å². The molecule has 3 nitrogen and oxygen atoms in total. The van der Waals surface area contributed by atoms with Crippen molar-refractivity contribution in [3.63, 3.8) is 0 Å². The lowest BCUT2D eigenvalue weighted by molar-refractivity contribution is 0.480. The maximum absolute atomic E-state index is 5.98. The minimum Gasteiger partial charge on any atom is -0.459 e. The molecule has 3 aromatic rings. The Labute approximate surface area is 116 Å². The molecule has 0 aliphatic carbocycles. The Morgan fingerprint density at radius 3 is 3.00 bits per heavy atom. The Hall–Kier alpha value is -1.65. The number of fused-ring (bicyclic) bond motifs is 1. The molecule has 1 N–H and O–H groups in total. The van der Waals surface area contributed by atoms with Crippen molar-refractivity contribution in [2.45, 2.75) is 19.9 Å². The normalized spacial score (nSPS) is 12.9. The second-order valence-electron chi connectivity index (χ2n) is 4.58. The Kier molecular flexibility index (Phi) is 3.36. The predicted molar refractivity (Wildman–Crippen MR) is 78.6 cm³/mol. The quantitative estimate of drug-likeness (QED) is 0.783. The van der Waals surface area contributed by atoms with Crippen molar-refractivity contribution in [1.82, 2.24) is 10.3 Å². The van der Waals surface area contributed by atoms with Gasteiger partial charge in [-0.3, -0.25) is 4.98 Å². The van der Waals surface area contributed by atoms with E-state index in [2.05, 4.69) is 42.3 Å². The van der Waals surface area contributed by atoms with Gasteiger partial charge in [-0.2, -0.15) is 0 Å². The molecule has 2 heterocycles. The molecular formula is C15H16N2OS. The highest BCUT2D eigenvalue weighted by molar-refractivity contribution is 7.09. The Morgan fingerprint density at radius 1 is 1.37 bits per heavy atom. The third kappa shape index (κ3) is 2.41. The standard InChI is InChI=1S/C15H16N2OS/c1-3-17-15(14-8-16-9-19-14)13-7-11-6-10(2)4-5-12(11)18-13/h4-9,15,17H,3H2,1-2H3. The molecule has 1 aromatic carbocycles. The summed E-state index contributed by atoms with van der Waals surface area (Å²) in [5, 5.41) is 4.61. The molecule has 19 heavy (non-hydrogen) atoms. The molecule has 0 aliphatic rings. The molecule has 4 heteroatoms. The van der Waals surface area contributed by atoms with Gasteiger partial charge in [-0.15, -0.1) is 11.3 Å². The first-order valence-electron chi connectivity index (χ1n) is 6.40. The average Bonchev–Trinajstić information content (AvgIpc) is 3.04. The number of nitrogens with one attached hydrogen (secondary N) is 1. The molecule has 0 amide bonds. The molecule has 1 unspecified atom stereocenters. The highest BCUT2D eigenvalue weighted by atomic mass is 32.1. The van der Waals surface area contributed by atoms with E-state index in [-0.39, 0.29) is 6.04 Å². The van der Waals surface area contributed by atoms with Gasteiger partial charge in [0, 0.05) is 16.5 Å². The van der Waals surface area contributed by atoms with Gasteiger partial charge in [0.05, 0.1) is 5.51 Å². The second kappa shape index (κ2) is 5.15. The third-order valence-electron chi connectivity index (χ3n) is 3.12. The first-order chi connectivity index (χ1) is 9.28. The number of aromatic nitrogens is 1. The number of thiazole rings is 1. The monoisotopic (exact) mass is 272 g/mol. The molecule has 0 fully saturated rings. The van der Waals surface area contributed by atoms with Gasteiger partial charge in [-0.25, -0.2) is 0 Å². The molecule has 3 rings (SSSR count). The molecule has 0 aliphatic heterocycles. The summed E-state index contributed by atoms with van der Waals surface area (Å²) in [7, 11) is 0. The van der Waals surface area contributed by atoms with E-state index in [1.165, 1.54) is 10.4 Å². The third-order valence-corrected chi connectivity index (χ3v) is 3.96. The minimum absolute atomic E-state index is 0.0882. The van der Waals surface area contributed by atoms with E-state index in [9.17, 15) is 0 Å². The molecule has 0 bridgehead atoms. The molecule has 98 valence electrons. The molecule has 0 radical (unpaired) electrons. The van der Waals surface area contributed by atoms with Crippen molar-refractivity contribution in [2.24, 2.45) is 0 Å². The van der Waals surface area contributed by atoms with Gasteiger partial charge in [-0.1, -0.05) is 18.6 Å². The Balaban J connectivity index is 2.05. The Bertz CT molecular complexity index is 673. The minimum atomic E-state index is 0.0882. The van der Waals surface area contributed by atoms with Crippen LogP contribution in [0.1, 0.15) is 29.2 Å². The molecular weight excluding hydrogens is 256 g/mol. The smallest absolute Gasteiger partial charge is 0.134 e. The van der Waals surface area contributed by atoms with Gasteiger partial charge in [0.15, 0.2) is 0 Å². The number of aryl methyl sites for hydroxylation is 1. The summed E-state index contributed by atoms with van der Waals surface area (Å²) in [6.45, 7) is 5.08. The molecule has 0 saturated heterocycles. The van der Waals surface area contributed by atoms with Crippen LogP contribution in [0.2, 0.25) is 0 Å². The Morgan fingerprint density at radius 2 is 2.26 bits per heavy atom. The van der Waals surface area contributed by atoms with Crippen LogP contribution < -0.4 is 5.32 Å². The van der Waals surface area contributed by atoms with Crippen LogP contribution in [-0.2, 0) is 0 Å². The van der Waals surface area contributed by atoms with Crippen LogP contribution in [0.3, 0.4) is 0 Å². The first-order valence-corrected chi connectivity index (χ1v) is 7.27. The van der Waals surface area contributed by atoms with Gasteiger partial charge in [0.2, 0.25) is 0 Å². The van der Waals surface area contributed by atoms with Crippen molar-refractivity contribution >= 4 is 22.3 Å². The van der Waals surface area contributed by atoms with Crippen molar-refractivity contribution in [3.8, 4) is 0 Å². The van der Waals surface area contributed by atoms with Gasteiger partial charge in [0.1, 0.15) is 17.4 Å². The number of hydrogen-bond donors (Lipinski definition) is 1. The van der Waals surface area contributed by atoms with Gasteiger partial charge < -0.3 is 9.73 Å². The molecule has 1 atom stereocenters. The fourth-order valence-corrected chi connectivity index (χ4v) is 2.94. The number of rotatable bonds is 4. The summed E-state index contributed by atoms with van der Waals surface area (Å²) in [5.41, 5.74) is 4.04. The maximum Gasteiger partial charge on any atom is 0.134 e. The van der Waals surface area contributed by atoms with Crippen LogP contribution in [0, 0.1) is 6.92 Å². The number of hydrogen-bond acceptors (Lipinski definition) is 4. The van der Waals surface area contributed by atoms with Crippen LogP contribution in [0.5, 0.6) is 0 Å². The lowest BCUT2D eigenvalue weighted by Crippen LogP contribution is -2.20. The highest BCUT2D eigenvalue weighted by Gasteiger charge is 2.19. The number of benzene rings is 1. The SMILES string of the molecule is CCNC(c1cc2cc(C)ccc2o1)c1cncs1. The summed E-state index contributed by atoms with van der Waals surface area (Å²) in [6, 6.07) is 8.46. The van der Waals surface area contributed by atoms with Crippen LogP contribution in [0.4, 0.5) is 0 Å². The van der Waals surface area contributed by atoms with Crippen LogP contribution >= 0.6 is 11.3 Å². The predicted octanol–water partition coefficient (Wildman–Crippen LogP) is 3.90. The lowest BCUT2D eigenvalue weighted by atomic mass is 10.1. The molecule has 2 aromatic heterocycles. The van der Waals surface area contributed by atoms with Crippen LogP contribution in [0.15, 0.2) is 40.4 Å². The average molecular weight is 272 g/mol.